The normalized spacial score (nSPS) is 10.1. The summed E-state index contributed by atoms with van der Waals surface area (Å²) >= 11 is 0.925. The van der Waals surface area contributed by atoms with Gasteiger partial charge in [0, 0.05) is 36.7 Å². The number of benzene rings is 2. The minimum atomic E-state index is -0.801. The number of amides is 2. The number of rotatable bonds is 5. The number of para-hydroxylation sites is 1. The molecule has 0 fully saturated rings. The summed E-state index contributed by atoms with van der Waals surface area (Å²) < 4.78 is 4.57. The van der Waals surface area contributed by atoms with Crippen LogP contribution >= 0.6 is 11.8 Å². The van der Waals surface area contributed by atoms with Gasteiger partial charge in [-0.15, -0.1) is 0 Å². The molecule has 0 heterocycles. The van der Waals surface area contributed by atoms with Crippen LogP contribution in [0.4, 0.5) is 16.2 Å². The number of non-ortho nitro benzene ring substituents is 1. The lowest BCUT2D eigenvalue weighted by Gasteiger charge is -2.13. The van der Waals surface area contributed by atoms with Crippen molar-refractivity contribution in [1.82, 2.24) is 4.90 Å². The largest absolute Gasteiger partial charge is 0.465 e. The molecule has 0 aliphatic carbocycles. The van der Waals surface area contributed by atoms with Crippen LogP contribution in [0.1, 0.15) is 20.7 Å². The molecule has 10 heteroatoms. The van der Waals surface area contributed by atoms with Crippen molar-refractivity contribution >= 4 is 40.3 Å². The summed E-state index contributed by atoms with van der Waals surface area (Å²) in [5.41, 5.74) is -0.266. The zero-order chi connectivity index (χ0) is 20.8. The van der Waals surface area contributed by atoms with Crippen LogP contribution in [0, 0.1) is 10.1 Å². The zero-order valence-corrected chi connectivity index (χ0v) is 16.1. The number of thioether (sulfide) groups is 1. The predicted molar refractivity (Wildman–Crippen MR) is 104 cm³/mol. The summed E-state index contributed by atoms with van der Waals surface area (Å²) in [6, 6.07) is 9.94. The Labute approximate surface area is 164 Å². The lowest BCUT2D eigenvalue weighted by atomic mass is 10.1. The van der Waals surface area contributed by atoms with E-state index in [-0.39, 0.29) is 16.4 Å². The summed E-state index contributed by atoms with van der Waals surface area (Å²) in [4.78, 5) is 48.6. The van der Waals surface area contributed by atoms with E-state index in [0.717, 1.165) is 31.0 Å². The highest BCUT2D eigenvalue weighted by molar-refractivity contribution is 8.13. The van der Waals surface area contributed by atoms with Gasteiger partial charge in [-0.1, -0.05) is 12.1 Å². The lowest BCUT2D eigenvalue weighted by molar-refractivity contribution is -0.384. The second-order valence-corrected chi connectivity index (χ2v) is 6.72. The Kier molecular flexibility index (Phi) is 6.72. The number of nitrogens with one attached hydrogen (secondary N) is 1. The molecule has 0 aliphatic rings. The summed E-state index contributed by atoms with van der Waals surface area (Å²) in [6.07, 6.45) is 0. The van der Waals surface area contributed by atoms with E-state index in [9.17, 15) is 24.5 Å². The van der Waals surface area contributed by atoms with Crippen molar-refractivity contribution in [3.8, 4) is 0 Å². The first-order chi connectivity index (χ1) is 13.2. The Morgan fingerprint density at radius 2 is 1.75 bits per heavy atom. The second-order valence-electron chi connectivity index (χ2n) is 5.73. The van der Waals surface area contributed by atoms with Crippen LogP contribution in [0.25, 0.3) is 0 Å². The molecule has 0 radical (unpaired) electrons. The molecule has 0 unspecified atom stereocenters. The van der Waals surface area contributed by atoms with Gasteiger partial charge in [0.2, 0.25) is 0 Å². The number of esters is 1. The number of nitro groups is 1. The quantitative estimate of drug-likeness (QED) is 0.352. The van der Waals surface area contributed by atoms with Crippen molar-refractivity contribution in [2.45, 2.75) is 4.90 Å². The van der Waals surface area contributed by atoms with Gasteiger partial charge in [0.05, 0.1) is 23.3 Å². The maximum absolute atomic E-state index is 12.6. The molecule has 0 bridgehead atoms. The van der Waals surface area contributed by atoms with Crippen molar-refractivity contribution in [1.29, 1.82) is 0 Å². The zero-order valence-electron chi connectivity index (χ0n) is 15.3. The van der Waals surface area contributed by atoms with Gasteiger partial charge in [-0.2, -0.15) is 0 Å². The number of carbonyl (C=O) groups is 3. The Hall–Kier alpha value is -3.40. The van der Waals surface area contributed by atoms with Crippen molar-refractivity contribution in [2.75, 3.05) is 26.5 Å². The molecule has 2 aromatic carbocycles. The molecule has 9 nitrogen and oxygen atoms in total. The smallest absolute Gasteiger partial charge is 0.338 e. The Bertz CT molecular complexity index is 945. The molecule has 28 heavy (non-hydrogen) atoms. The molecule has 0 aromatic heterocycles. The predicted octanol–water partition coefficient (Wildman–Crippen LogP) is 3.41. The van der Waals surface area contributed by atoms with Crippen LogP contribution in [0.5, 0.6) is 0 Å². The molecule has 1 N–H and O–H groups in total. The van der Waals surface area contributed by atoms with E-state index in [4.69, 9.17) is 0 Å². The topological polar surface area (TPSA) is 119 Å². The standard InChI is InChI=1S/C18H17N3O6S/c1-20(2)18(24)28-15-7-5-4-6-14(15)19-16(22)11-8-12(17(23)27-3)10-13(9-11)21(25)26/h4-10H,1-3H3,(H,19,22). The molecule has 146 valence electrons. The molecule has 2 rings (SSSR count). The fourth-order valence-electron chi connectivity index (χ4n) is 2.12. The van der Waals surface area contributed by atoms with Gasteiger partial charge in [-0.05, 0) is 30.0 Å². The average Bonchev–Trinajstić information content (AvgIpc) is 2.68. The highest BCUT2D eigenvalue weighted by Gasteiger charge is 2.19. The molecular weight excluding hydrogens is 386 g/mol. The Morgan fingerprint density at radius 1 is 1.11 bits per heavy atom. The van der Waals surface area contributed by atoms with E-state index in [1.165, 1.54) is 11.0 Å². The minimum absolute atomic E-state index is 0.0895. The van der Waals surface area contributed by atoms with Crippen LogP contribution in [0.2, 0.25) is 0 Å². The molecule has 0 atom stereocenters. The number of anilines is 1. The number of ether oxygens (including phenoxy) is 1. The summed E-state index contributed by atoms with van der Waals surface area (Å²) in [5.74, 6) is -1.47. The highest BCUT2D eigenvalue weighted by Crippen LogP contribution is 2.29. The molecule has 0 aliphatic heterocycles. The molecule has 0 saturated heterocycles. The van der Waals surface area contributed by atoms with Crippen molar-refractivity contribution < 1.29 is 24.0 Å². The van der Waals surface area contributed by atoms with Crippen LogP contribution in [-0.2, 0) is 4.74 Å². The molecule has 0 saturated carbocycles. The van der Waals surface area contributed by atoms with Gasteiger partial charge in [0.1, 0.15) is 0 Å². The average molecular weight is 403 g/mol. The van der Waals surface area contributed by atoms with E-state index >= 15 is 0 Å². The maximum atomic E-state index is 12.6. The van der Waals surface area contributed by atoms with Gasteiger partial charge in [0.15, 0.2) is 0 Å². The summed E-state index contributed by atoms with van der Waals surface area (Å²) in [7, 11) is 4.35. The highest BCUT2D eigenvalue weighted by atomic mass is 32.2. The van der Waals surface area contributed by atoms with E-state index < -0.39 is 22.5 Å². The number of methoxy groups -OCH3 is 1. The maximum Gasteiger partial charge on any atom is 0.338 e. The minimum Gasteiger partial charge on any atom is -0.465 e. The molecule has 2 aromatic rings. The first-order valence-corrected chi connectivity index (χ1v) is 8.72. The third-order valence-corrected chi connectivity index (χ3v) is 4.63. The first kappa shape index (κ1) is 20.9. The Morgan fingerprint density at radius 3 is 2.36 bits per heavy atom. The van der Waals surface area contributed by atoms with E-state index in [1.54, 1.807) is 38.4 Å². The SMILES string of the molecule is COC(=O)c1cc(C(=O)Nc2ccccc2SC(=O)N(C)C)cc([N+](=O)[O-])c1. The van der Waals surface area contributed by atoms with Crippen molar-refractivity contribution in [2.24, 2.45) is 0 Å². The van der Waals surface area contributed by atoms with E-state index in [0.29, 0.717) is 10.6 Å². The van der Waals surface area contributed by atoms with E-state index in [1.807, 2.05) is 0 Å². The monoisotopic (exact) mass is 403 g/mol. The molecule has 2 amide bonds. The lowest BCUT2D eigenvalue weighted by Crippen LogP contribution is -2.17. The number of hydrogen-bond acceptors (Lipinski definition) is 7. The third-order valence-electron chi connectivity index (χ3n) is 3.51. The van der Waals surface area contributed by atoms with Gasteiger partial charge in [-0.25, -0.2) is 4.79 Å². The van der Waals surface area contributed by atoms with E-state index in [2.05, 4.69) is 10.1 Å². The van der Waals surface area contributed by atoms with Gasteiger partial charge >= 0.3 is 5.97 Å². The second kappa shape index (κ2) is 9.00. The fourth-order valence-corrected chi connectivity index (χ4v) is 2.87. The van der Waals surface area contributed by atoms with Crippen LogP contribution in [-0.4, -0.2) is 48.1 Å². The Balaban J connectivity index is 2.35. The van der Waals surface area contributed by atoms with Gasteiger partial charge in [0.25, 0.3) is 16.8 Å². The van der Waals surface area contributed by atoms with Crippen LogP contribution in [0.15, 0.2) is 47.4 Å². The van der Waals surface area contributed by atoms with Crippen molar-refractivity contribution in [3.05, 3.63) is 63.7 Å². The number of carbonyl (C=O) groups excluding carboxylic acids is 3. The van der Waals surface area contributed by atoms with Gasteiger partial charge in [-0.3, -0.25) is 19.7 Å². The van der Waals surface area contributed by atoms with Crippen molar-refractivity contribution in [3.63, 3.8) is 0 Å². The summed E-state index contributed by atoms with van der Waals surface area (Å²) in [6.45, 7) is 0. The number of nitrogens with zero attached hydrogens (tertiary/aromatic N) is 2. The molecular formula is C18H17N3O6S. The van der Waals surface area contributed by atoms with Crippen LogP contribution in [0.3, 0.4) is 0 Å². The first-order valence-electron chi connectivity index (χ1n) is 7.90. The van der Waals surface area contributed by atoms with Crippen LogP contribution < -0.4 is 5.32 Å². The third kappa shape index (κ3) is 5.07. The molecule has 0 spiro atoms. The number of nitro benzene ring substituents is 1. The summed E-state index contributed by atoms with van der Waals surface area (Å²) in [5, 5.41) is 13.5. The van der Waals surface area contributed by atoms with Gasteiger partial charge < -0.3 is 15.0 Å². The number of hydrogen-bond donors (Lipinski definition) is 1. The fraction of sp³-hybridized carbons (Fsp3) is 0.167.